The van der Waals surface area contributed by atoms with Crippen molar-refractivity contribution >= 4 is 23.6 Å². The summed E-state index contributed by atoms with van der Waals surface area (Å²) in [7, 11) is 0. The van der Waals surface area contributed by atoms with Gasteiger partial charge >= 0.3 is 0 Å². The number of piperidine rings is 1. The highest BCUT2D eigenvalue weighted by molar-refractivity contribution is 7.98. The summed E-state index contributed by atoms with van der Waals surface area (Å²) < 4.78 is 0. The maximum Gasteiger partial charge on any atom is 0.256 e. The molecule has 1 aromatic carbocycles. The molecule has 0 bridgehead atoms. The fourth-order valence-corrected chi connectivity index (χ4v) is 4.48. The maximum atomic E-state index is 12.7. The fourth-order valence-electron chi connectivity index (χ4n) is 4.16. The van der Waals surface area contributed by atoms with Gasteiger partial charge in [-0.05, 0) is 24.7 Å². The molecule has 0 saturated carbocycles. The van der Waals surface area contributed by atoms with E-state index >= 15 is 0 Å². The number of nitrogens with zero attached hydrogens (tertiary/aromatic N) is 4. The molecule has 2 aromatic rings. The average molecular weight is 397 g/mol. The minimum Gasteiger partial charge on any atom is -0.339 e. The molecule has 3 heterocycles. The van der Waals surface area contributed by atoms with Crippen LogP contribution in [0.25, 0.3) is 0 Å². The van der Waals surface area contributed by atoms with Gasteiger partial charge in [-0.3, -0.25) is 9.59 Å². The Labute approximate surface area is 169 Å². The van der Waals surface area contributed by atoms with Crippen molar-refractivity contribution in [2.24, 2.45) is 5.41 Å². The Morgan fingerprint density at radius 3 is 2.46 bits per heavy atom. The van der Waals surface area contributed by atoms with Crippen LogP contribution in [0.4, 0.5) is 0 Å². The zero-order valence-corrected chi connectivity index (χ0v) is 16.8. The smallest absolute Gasteiger partial charge is 0.256 e. The third-order valence-corrected chi connectivity index (χ3v) is 6.37. The second kappa shape index (κ2) is 7.91. The molecule has 4 rings (SSSR count). The highest BCUT2D eigenvalue weighted by Crippen LogP contribution is 2.41. The predicted octanol–water partition coefficient (Wildman–Crippen LogP) is 2.85. The second-order valence-corrected chi connectivity index (χ2v) is 8.44. The first-order valence-corrected chi connectivity index (χ1v) is 10.8. The number of rotatable bonds is 4. The summed E-state index contributed by atoms with van der Waals surface area (Å²) in [4.78, 5) is 37.5. The first-order valence-electron chi connectivity index (χ1n) is 9.56. The molecule has 2 amide bonds. The van der Waals surface area contributed by atoms with E-state index in [1.54, 1.807) is 12.4 Å². The van der Waals surface area contributed by atoms with Crippen LogP contribution < -0.4 is 0 Å². The monoisotopic (exact) mass is 396 g/mol. The van der Waals surface area contributed by atoms with Gasteiger partial charge in [0.05, 0.1) is 5.56 Å². The van der Waals surface area contributed by atoms with E-state index in [1.807, 2.05) is 34.3 Å². The Kier molecular flexibility index (Phi) is 5.35. The number of carbonyl (C=O) groups is 2. The lowest BCUT2D eigenvalue weighted by atomic mass is 9.77. The largest absolute Gasteiger partial charge is 0.339 e. The van der Waals surface area contributed by atoms with Gasteiger partial charge in [0.2, 0.25) is 5.91 Å². The van der Waals surface area contributed by atoms with E-state index in [0.29, 0.717) is 36.8 Å². The molecular weight excluding hydrogens is 372 g/mol. The van der Waals surface area contributed by atoms with E-state index in [-0.39, 0.29) is 17.2 Å². The Morgan fingerprint density at radius 1 is 1.14 bits per heavy atom. The lowest BCUT2D eigenvalue weighted by Crippen LogP contribution is -2.44. The van der Waals surface area contributed by atoms with Gasteiger partial charge in [0.25, 0.3) is 5.91 Å². The number of benzene rings is 1. The molecule has 0 radical (unpaired) electrons. The van der Waals surface area contributed by atoms with Crippen molar-refractivity contribution in [1.29, 1.82) is 0 Å². The number of carbonyl (C=O) groups excluding carboxylic acids is 2. The van der Waals surface area contributed by atoms with Gasteiger partial charge < -0.3 is 9.80 Å². The fraction of sp³-hybridized carbons (Fsp3) is 0.429. The topological polar surface area (TPSA) is 66.4 Å². The Morgan fingerprint density at radius 2 is 1.82 bits per heavy atom. The molecule has 1 aromatic heterocycles. The normalized spacial score (nSPS) is 18.7. The summed E-state index contributed by atoms with van der Waals surface area (Å²) in [6.45, 7) is 2.81. The van der Waals surface area contributed by atoms with Crippen molar-refractivity contribution in [3.63, 3.8) is 0 Å². The summed E-state index contributed by atoms with van der Waals surface area (Å²) in [5.41, 5.74) is 1.69. The molecule has 0 N–H and O–H groups in total. The Hall–Kier alpha value is -2.41. The highest BCUT2D eigenvalue weighted by Gasteiger charge is 2.45. The Balaban J connectivity index is 1.36. The van der Waals surface area contributed by atoms with Crippen molar-refractivity contribution in [3.8, 4) is 0 Å². The number of hydrogen-bond acceptors (Lipinski definition) is 5. The standard InChI is InChI=1S/C21H24N4O2S/c1-28-20-22-12-17(13-23-20)19(27)24-9-7-21(8-10-24)11-18(26)25(15-21)14-16-5-3-2-4-6-16/h2-6,12-13H,7-11,14-15H2,1H3. The molecule has 1 spiro atoms. The van der Waals surface area contributed by atoms with Crippen LogP contribution in [0.1, 0.15) is 35.2 Å². The molecule has 0 unspecified atom stereocenters. The molecule has 0 atom stereocenters. The Bertz CT molecular complexity index is 848. The number of thioether (sulfide) groups is 1. The summed E-state index contributed by atoms with van der Waals surface area (Å²) in [5, 5.41) is 0.664. The molecule has 2 aliphatic heterocycles. The van der Waals surface area contributed by atoms with E-state index in [9.17, 15) is 9.59 Å². The lowest BCUT2D eigenvalue weighted by Gasteiger charge is -2.38. The molecule has 0 aliphatic carbocycles. The van der Waals surface area contributed by atoms with Gasteiger partial charge in [-0.2, -0.15) is 0 Å². The van der Waals surface area contributed by atoms with E-state index < -0.39 is 0 Å². The van der Waals surface area contributed by atoms with Crippen LogP contribution in [0.3, 0.4) is 0 Å². The molecule has 146 valence electrons. The number of likely N-dealkylation sites (tertiary alicyclic amines) is 2. The molecule has 2 aliphatic rings. The zero-order chi connectivity index (χ0) is 19.6. The summed E-state index contributed by atoms with van der Waals surface area (Å²) in [6, 6.07) is 10.1. The minimum absolute atomic E-state index is 0.00184. The van der Waals surface area contributed by atoms with Gasteiger partial charge in [-0.1, -0.05) is 42.1 Å². The third-order valence-electron chi connectivity index (χ3n) is 5.79. The molecule has 2 saturated heterocycles. The first kappa shape index (κ1) is 18.9. The van der Waals surface area contributed by atoms with Crippen LogP contribution in [0, 0.1) is 5.41 Å². The van der Waals surface area contributed by atoms with Crippen LogP contribution in [0.2, 0.25) is 0 Å². The van der Waals surface area contributed by atoms with Crippen molar-refractivity contribution in [3.05, 3.63) is 53.9 Å². The molecule has 6 nitrogen and oxygen atoms in total. The predicted molar refractivity (Wildman–Crippen MR) is 108 cm³/mol. The van der Waals surface area contributed by atoms with Gasteiger partial charge in [0.15, 0.2) is 5.16 Å². The number of amides is 2. The quantitative estimate of drug-likeness (QED) is 0.587. The zero-order valence-electron chi connectivity index (χ0n) is 16.0. The molecule has 7 heteroatoms. The molecule has 28 heavy (non-hydrogen) atoms. The summed E-state index contributed by atoms with van der Waals surface area (Å²) in [6.07, 6.45) is 7.43. The van der Waals surface area contributed by atoms with Crippen LogP contribution in [0.15, 0.2) is 47.9 Å². The van der Waals surface area contributed by atoms with E-state index in [4.69, 9.17) is 0 Å². The average Bonchev–Trinajstić information content (AvgIpc) is 3.03. The highest BCUT2D eigenvalue weighted by atomic mass is 32.2. The molecular formula is C21H24N4O2S. The number of aromatic nitrogens is 2. The minimum atomic E-state index is -0.0204. The summed E-state index contributed by atoms with van der Waals surface area (Å²) >= 11 is 1.45. The third kappa shape index (κ3) is 3.90. The van der Waals surface area contributed by atoms with E-state index in [2.05, 4.69) is 22.1 Å². The van der Waals surface area contributed by atoms with Crippen LogP contribution in [0.5, 0.6) is 0 Å². The van der Waals surface area contributed by atoms with Crippen LogP contribution in [-0.4, -0.2) is 57.5 Å². The second-order valence-electron chi connectivity index (χ2n) is 7.66. The van der Waals surface area contributed by atoms with E-state index in [0.717, 1.165) is 24.9 Å². The lowest BCUT2D eigenvalue weighted by molar-refractivity contribution is -0.128. The summed E-state index contributed by atoms with van der Waals surface area (Å²) in [5.74, 6) is 0.206. The van der Waals surface area contributed by atoms with Gasteiger partial charge in [0, 0.05) is 50.4 Å². The van der Waals surface area contributed by atoms with Gasteiger partial charge in [-0.25, -0.2) is 9.97 Å². The first-order chi connectivity index (χ1) is 13.6. The number of hydrogen-bond donors (Lipinski definition) is 0. The van der Waals surface area contributed by atoms with Crippen molar-refractivity contribution in [2.75, 3.05) is 25.9 Å². The maximum absolute atomic E-state index is 12.7. The van der Waals surface area contributed by atoms with Crippen molar-refractivity contribution < 1.29 is 9.59 Å². The van der Waals surface area contributed by atoms with Crippen molar-refractivity contribution in [1.82, 2.24) is 19.8 Å². The van der Waals surface area contributed by atoms with E-state index in [1.165, 1.54) is 11.8 Å². The SMILES string of the molecule is CSc1ncc(C(=O)N2CCC3(CC2)CC(=O)N(Cc2ccccc2)C3)cn1. The van der Waals surface area contributed by atoms with Crippen molar-refractivity contribution in [2.45, 2.75) is 31.0 Å². The van der Waals surface area contributed by atoms with Crippen LogP contribution in [-0.2, 0) is 11.3 Å². The van der Waals surface area contributed by atoms with Gasteiger partial charge in [0.1, 0.15) is 0 Å². The van der Waals surface area contributed by atoms with Gasteiger partial charge in [-0.15, -0.1) is 0 Å². The molecule has 2 fully saturated rings. The van der Waals surface area contributed by atoms with Crippen LogP contribution >= 0.6 is 11.8 Å².